The molecule has 0 radical (unpaired) electrons. The Kier molecular flexibility index (Phi) is 5.23. The average molecular weight is 334 g/mol. The molecule has 2 aliphatic rings. The lowest BCUT2D eigenvalue weighted by molar-refractivity contribution is -0.142. The molecular weight excluding hydrogens is 312 g/mol. The van der Waals surface area contributed by atoms with E-state index in [4.69, 9.17) is 4.74 Å². The van der Waals surface area contributed by atoms with Crippen LogP contribution in [-0.4, -0.2) is 66.8 Å². The van der Waals surface area contributed by atoms with Gasteiger partial charge in [-0.3, -0.25) is 9.59 Å². The summed E-state index contributed by atoms with van der Waals surface area (Å²) in [6, 6.07) is 7.68. The Morgan fingerprint density at radius 3 is 2.48 bits per heavy atom. The van der Waals surface area contributed by atoms with Crippen molar-refractivity contribution >= 4 is 23.6 Å². The molecular formula is C17H22N2O3S. The van der Waals surface area contributed by atoms with Crippen molar-refractivity contribution in [1.82, 2.24) is 9.80 Å². The SMILES string of the molecule is CSc1ccccc1C(=O)N1CCN(C(=O)[C@@H]2CCCO2)CC1. The van der Waals surface area contributed by atoms with E-state index in [1.165, 1.54) is 0 Å². The molecule has 23 heavy (non-hydrogen) atoms. The van der Waals surface area contributed by atoms with Crippen LogP contribution in [0.5, 0.6) is 0 Å². The first-order chi connectivity index (χ1) is 11.2. The lowest BCUT2D eigenvalue weighted by atomic mass is 10.1. The molecule has 2 aliphatic heterocycles. The molecule has 0 N–H and O–H groups in total. The predicted molar refractivity (Wildman–Crippen MR) is 89.7 cm³/mol. The van der Waals surface area contributed by atoms with Crippen LogP contribution >= 0.6 is 11.8 Å². The summed E-state index contributed by atoms with van der Waals surface area (Å²) in [5.41, 5.74) is 0.749. The van der Waals surface area contributed by atoms with E-state index < -0.39 is 0 Å². The minimum Gasteiger partial charge on any atom is -0.368 e. The summed E-state index contributed by atoms with van der Waals surface area (Å²) in [7, 11) is 0. The zero-order chi connectivity index (χ0) is 16.2. The highest BCUT2D eigenvalue weighted by molar-refractivity contribution is 7.98. The maximum Gasteiger partial charge on any atom is 0.255 e. The lowest BCUT2D eigenvalue weighted by Crippen LogP contribution is -2.52. The van der Waals surface area contributed by atoms with Gasteiger partial charge in [-0.25, -0.2) is 0 Å². The largest absolute Gasteiger partial charge is 0.368 e. The molecule has 1 aromatic rings. The summed E-state index contributed by atoms with van der Waals surface area (Å²) < 4.78 is 5.47. The van der Waals surface area contributed by atoms with Crippen molar-refractivity contribution in [1.29, 1.82) is 0 Å². The van der Waals surface area contributed by atoms with Crippen LogP contribution in [0.2, 0.25) is 0 Å². The summed E-state index contributed by atoms with van der Waals surface area (Å²) in [4.78, 5) is 29.7. The molecule has 6 heteroatoms. The van der Waals surface area contributed by atoms with E-state index in [0.717, 1.165) is 23.3 Å². The number of ether oxygens (including phenoxy) is 1. The molecule has 0 aromatic heterocycles. The van der Waals surface area contributed by atoms with Crippen LogP contribution in [-0.2, 0) is 9.53 Å². The third-order valence-electron chi connectivity index (χ3n) is 4.42. The van der Waals surface area contributed by atoms with E-state index in [2.05, 4.69) is 0 Å². The molecule has 0 unspecified atom stereocenters. The molecule has 2 heterocycles. The predicted octanol–water partition coefficient (Wildman–Crippen LogP) is 1.87. The topological polar surface area (TPSA) is 49.9 Å². The molecule has 0 bridgehead atoms. The fourth-order valence-corrected chi connectivity index (χ4v) is 3.69. The second-order valence-corrected chi connectivity index (χ2v) is 6.67. The summed E-state index contributed by atoms with van der Waals surface area (Å²) >= 11 is 1.58. The monoisotopic (exact) mass is 334 g/mol. The molecule has 0 saturated carbocycles. The first kappa shape index (κ1) is 16.3. The summed E-state index contributed by atoms with van der Waals surface area (Å²) in [5, 5.41) is 0. The lowest BCUT2D eigenvalue weighted by Gasteiger charge is -2.36. The molecule has 2 saturated heterocycles. The van der Waals surface area contributed by atoms with Crippen molar-refractivity contribution in [3.05, 3.63) is 29.8 Å². The zero-order valence-electron chi connectivity index (χ0n) is 13.4. The van der Waals surface area contributed by atoms with Crippen LogP contribution in [0.3, 0.4) is 0 Å². The number of hydrogen-bond acceptors (Lipinski definition) is 4. The molecule has 2 fully saturated rings. The van der Waals surface area contributed by atoms with Gasteiger partial charge in [0.05, 0.1) is 5.56 Å². The van der Waals surface area contributed by atoms with E-state index in [0.29, 0.717) is 32.8 Å². The van der Waals surface area contributed by atoms with Crippen LogP contribution in [0.4, 0.5) is 0 Å². The third kappa shape index (κ3) is 3.53. The van der Waals surface area contributed by atoms with Crippen molar-refractivity contribution in [3.63, 3.8) is 0 Å². The number of piperazine rings is 1. The molecule has 124 valence electrons. The molecule has 0 aliphatic carbocycles. The smallest absolute Gasteiger partial charge is 0.255 e. The fourth-order valence-electron chi connectivity index (χ4n) is 3.10. The minimum absolute atomic E-state index is 0.0548. The van der Waals surface area contributed by atoms with E-state index in [-0.39, 0.29) is 17.9 Å². The molecule has 1 aromatic carbocycles. The molecule has 0 spiro atoms. The first-order valence-corrected chi connectivity index (χ1v) is 9.26. The van der Waals surface area contributed by atoms with Crippen molar-refractivity contribution < 1.29 is 14.3 Å². The maximum atomic E-state index is 12.7. The number of rotatable bonds is 3. The van der Waals surface area contributed by atoms with Crippen LogP contribution in [0.25, 0.3) is 0 Å². The van der Waals surface area contributed by atoms with E-state index in [1.807, 2.05) is 40.3 Å². The van der Waals surface area contributed by atoms with Gasteiger partial charge < -0.3 is 14.5 Å². The number of thioether (sulfide) groups is 1. The van der Waals surface area contributed by atoms with E-state index >= 15 is 0 Å². The molecule has 3 rings (SSSR count). The number of nitrogens with zero attached hydrogens (tertiary/aromatic N) is 2. The van der Waals surface area contributed by atoms with Gasteiger partial charge in [-0.2, -0.15) is 0 Å². The van der Waals surface area contributed by atoms with Crippen molar-refractivity contribution in [2.45, 2.75) is 23.8 Å². The second-order valence-electron chi connectivity index (χ2n) is 5.82. The van der Waals surface area contributed by atoms with Gasteiger partial charge in [-0.1, -0.05) is 12.1 Å². The van der Waals surface area contributed by atoms with Crippen LogP contribution < -0.4 is 0 Å². The summed E-state index contributed by atoms with van der Waals surface area (Å²) in [6.45, 7) is 3.03. The quantitative estimate of drug-likeness (QED) is 0.792. The van der Waals surface area contributed by atoms with E-state index in [1.54, 1.807) is 11.8 Å². The molecule has 1 atom stereocenters. The first-order valence-electron chi connectivity index (χ1n) is 8.03. The van der Waals surface area contributed by atoms with Gasteiger partial charge in [0.15, 0.2) is 0 Å². The second kappa shape index (κ2) is 7.36. The Balaban J connectivity index is 1.60. The summed E-state index contributed by atoms with van der Waals surface area (Å²) in [5.74, 6) is 0.137. The minimum atomic E-state index is -0.269. The Morgan fingerprint density at radius 1 is 1.13 bits per heavy atom. The number of amides is 2. The number of benzene rings is 1. The highest BCUT2D eigenvalue weighted by atomic mass is 32.2. The number of carbonyl (C=O) groups excluding carboxylic acids is 2. The molecule has 2 amide bonds. The van der Waals surface area contributed by atoms with Crippen LogP contribution in [0.15, 0.2) is 29.2 Å². The van der Waals surface area contributed by atoms with Gasteiger partial charge in [0.25, 0.3) is 11.8 Å². The standard InChI is InChI=1S/C17H22N2O3S/c1-23-15-7-3-2-5-13(15)16(20)18-8-10-19(11-9-18)17(21)14-6-4-12-22-14/h2-3,5,7,14H,4,6,8-12H2,1H3/t14-/m0/s1. The van der Waals surface area contributed by atoms with Gasteiger partial charge in [0, 0.05) is 37.7 Å². The Bertz CT molecular complexity index is 579. The normalized spacial score (nSPS) is 21.5. The van der Waals surface area contributed by atoms with Gasteiger partial charge in [-0.15, -0.1) is 11.8 Å². The van der Waals surface area contributed by atoms with Gasteiger partial charge in [0.1, 0.15) is 6.10 Å². The fraction of sp³-hybridized carbons (Fsp3) is 0.529. The summed E-state index contributed by atoms with van der Waals surface area (Å²) in [6.07, 6.45) is 3.48. The van der Waals surface area contributed by atoms with Crippen molar-refractivity contribution in [3.8, 4) is 0 Å². The third-order valence-corrected chi connectivity index (χ3v) is 5.22. The van der Waals surface area contributed by atoms with Crippen LogP contribution in [0, 0.1) is 0 Å². The zero-order valence-corrected chi connectivity index (χ0v) is 14.2. The van der Waals surface area contributed by atoms with Gasteiger partial charge in [0.2, 0.25) is 0 Å². The van der Waals surface area contributed by atoms with E-state index in [9.17, 15) is 9.59 Å². The highest BCUT2D eigenvalue weighted by Gasteiger charge is 2.31. The van der Waals surface area contributed by atoms with Crippen molar-refractivity contribution in [2.75, 3.05) is 39.0 Å². The highest BCUT2D eigenvalue weighted by Crippen LogP contribution is 2.22. The van der Waals surface area contributed by atoms with Crippen molar-refractivity contribution in [2.24, 2.45) is 0 Å². The Labute approximate surface area is 141 Å². The number of carbonyl (C=O) groups is 2. The van der Waals surface area contributed by atoms with Crippen LogP contribution in [0.1, 0.15) is 23.2 Å². The maximum absolute atomic E-state index is 12.7. The Hall–Kier alpha value is -1.53. The van der Waals surface area contributed by atoms with Gasteiger partial charge in [-0.05, 0) is 31.2 Å². The number of hydrogen-bond donors (Lipinski definition) is 0. The Morgan fingerprint density at radius 2 is 1.83 bits per heavy atom. The average Bonchev–Trinajstić information content (AvgIpc) is 3.15. The molecule has 5 nitrogen and oxygen atoms in total. The van der Waals surface area contributed by atoms with Gasteiger partial charge >= 0.3 is 0 Å².